The van der Waals surface area contributed by atoms with Gasteiger partial charge in [0.25, 0.3) is 5.91 Å². The summed E-state index contributed by atoms with van der Waals surface area (Å²) in [7, 11) is 0. The lowest BCUT2D eigenvalue weighted by Gasteiger charge is -2.18. The maximum atomic E-state index is 12.1. The minimum Gasteiger partial charge on any atom is -0.350 e. The maximum absolute atomic E-state index is 12.1. The molecule has 2 rings (SSSR count). The van der Waals surface area contributed by atoms with Crippen molar-refractivity contribution >= 4 is 5.91 Å². The van der Waals surface area contributed by atoms with Crippen LogP contribution in [0, 0.1) is 6.92 Å². The Hall–Kier alpha value is -2.20. The van der Waals surface area contributed by atoms with E-state index in [2.05, 4.69) is 10.3 Å². The molecule has 4 nitrogen and oxygen atoms in total. The molecule has 0 radical (unpaired) electrons. The number of nitrogens with zero attached hydrogens (tertiary/aromatic N) is 1. The molecule has 21 heavy (non-hydrogen) atoms. The highest BCUT2D eigenvalue weighted by Crippen LogP contribution is 2.19. The molecular weight excluding hydrogens is 262 g/mol. The van der Waals surface area contributed by atoms with E-state index < -0.39 is 5.54 Å². The van der Waals surface area contributed by atoms with Crippen LogP contribution in [0.2, 0.25) is 0 Å². The predicted molar refractivity (Wildman–Crippen MR) is 85.0 cm³/mol. The van der Waals surface area contributed by atoms with Gasteiger partial charge in [0.15, 0.2) is 0 Å². The van der Waals surface area contributed by atoms with Gasteiger partial charge in [0.1, 0.15) is 0 Å². The molecule has 0 aliphatic carbocycles. The third-order valence-corrected chi connectivity index (χ3v) is 3.09. The van der Waals surface area contributed by atoms with Gasteiger partial charge in [-0.25, -0.2) is 0 Å². The van der Waals surface area contributed by atoms with Crippen LogP contribution < -0.4 is 11.1 Å². The number of nitrogens with one attached hydrogen (secondary N) is 1. The zero-order chi connectivity index (χ0) is 15.5. The molecule has 0 saturated heterocycles. The molecule has 0 aliphatic heterocycles. The number of rotatable bonds is 4. The van der Waals surface area contributed by atoms with E-state index in [9.17, 15) is 4.79 Å². The summed E-state index contributed by atoms with van der Waals surface area (Å²) >= 11 is 0. The number of hydrogen-bond donors (Lipinski definition) is 2. The molecule has 0 spiro atoms. The number of pyridine rings is 1. The van der Waals surface area contributed by atoms with Crippen molar-refractivity contribution in [3.05, 3.63) is 53.9 Å². The molecule has 0 bridgehead atoms. The number of amides is 1. The van der Waals surface area contributed by atoms with Crippen LogP contribution in [0.4, 0.5) is 0 Å². The summed E-state index contributed by atoms with van der Waals surface area (Å²) in [6.07, 6.45) is 3.32. The Bertz CT molecular complexity index is 627. The number of hydrogen-bond acceptors (Lipinski definition) is 3. The second kappa shape index (κ2) is 6.06. The van der Waals surface area contributed by atoms with Crippen LogP contribution >= 0.6 is 0 Å². The van der Waals surface area contributed by atoms with Gasteiger partial charge in [-0.05, 0) is 32.4 Å². The van der Waals surface area contributed by atoms with Crippen LogP contribution in [0.1, 0.15) is 29.8 Å². The van der Waals surface area contributed by atoms with E-state index in [0.29, 0.717) is 12.1 Å². The molecule has 110 valence electrons. The average molecular weight is 283 g/mol. The number of nitrogens with two attached hydrogens (primary N) is 1. The van der Waals surface area contributed by atoms with Crippen LogP contribution in [0.15, 0.2) is 42.7 Å². The van der Waals surface area contributed by atoms with Crippen molar-refractivity contribution in [1.82, 2.24) is 10.3 Å². The minimum absolute atomic E-state index is 0.157. The zero-order valence-corrected chi connectivity index (χ0v) is 12.7. The van der Waals surface area contributed by atoms with E-state index in [4.69, 9.17) is 5.73 Å². The normalized spacial score (nSPS) is 11.2. The van der Waals surface area contributed by atoms with Gasteiger partial charge in [0.2, 0.25) is 0 Å². The molecule has 1 heterocycles. The van der Waals surface area contributed by atoms with Gasteiger partial charge in [-0.3, -0.25) is 9.78 Å². The zero-order valence-electron chi connectivity index (χ0n) is 12.7. The van der Waals surface area contributed by atoms with Gasteiger partial charge < -0.3 is 11.1 Å². The lowest BCUT2D eigenvalue weighted by molar-refractivity contribution is 0.0945. The van der Waals surface area contributed by atoms with Crippen molar-refractivity contribution < 1.29 is 4.79 Å². The third kappa shape index (κ3) is 4.39. The maximum Gasteiger partial charge on any atom is 0.252 e. The summed E-state index contributed by atoms with van der Waals surface area (Å²) in [5, 5.41) is 2.82. The Morgan fingerprint density at radius 3 is 2.48 bits per heavy atom. The molecule has 4 heteroatoms. The van der Waals surface area contributed by atoms with Crippen molar-refractivity contribution in [2.75, 3.05) is 6.54 Å². The highest BCUT2D eigenvalue weighted by molar-refractivity contribution is 5.95. The van der Waals surface area contributed by atoms with Gasteiger partial charge in [-0.2, -0.15) is 0 Å². The fraction of sp³-hybridized carbons (Fsp3) is 0.294. The largest absolute Gasteiger partial charge is 0.350 e. The average Bonchev–Trinajstić information content (AvgIpc) is 2.45. The lowest BCUT2D eigenvalue weighted by Crippen LogP contribution is -2.45. The van der Waals surface area contributed by atoms with E-state index >= 15 is 0 Å². The standard InChI is InChI=1S/C17H21N3O/c1-12-4-6-13(7-5-12)14-8-15(10-19-9-14)16(21)20-11-17(2,3)18/h4-10H,11,18H2,1-3H3,(H,20,21). The summed E-state index contributed by atoms with van der Waals surface area (Å²) in [6.45, 7) is 6.20. The lowest BCUT2D eigenvalue weighted by atomic mass is 10.0. The van der Waals surface area contributed by atoms with Crippen LogP contribution in [0.25, 0.3) is 11.1 Å². The molecule has 3 N–H and O–H groups in total. The molecule has 0 aliphatic rings. The summed E-state index contributed by atoms with van der Waals surface area (Å²) < 4.78 is 0. The minimum atomic E-state index is -0.433. The Labute approximate surface area is 125 Å². The number of aromatic nitrogens is 1. The van der Waals surface area contributed by atoms with Gasteiger partial charge >= 0.3 is 0 Å². The number of carbonyl (C=O) groups is 1. The summed E-state index contributed by atoms with van der Waals surface area (Å²) in [6, 6.07) is 9.97. The van der Waals surface area contributed by atoms with E-state index in [1.54, 1.807) is 12.4 Å². The van der Waals surface area contributed by atoms with Gasteiger partial charge in [-0.15, -0.1) is 0 Å². The molecule has 0 fully saturated rings. The first kappa shape index (κ1) is 15.2. The monoisotopic (exact) mass is 283 g/mol. The smallest absolute Gasteiger partial charge is 0.252 e. The van der Waals surface area contributed by atoms with Gasteiger partial charge in [-0.1, -0.05) is 29.8 Å². The fourth-order valence-corrected chi connectivity index (χ4v) is 1.88. The summed E-state index contributed by atoms with van der Waals surface area (Å²) in [5.41, 5.74) is 9.14. The summed E-state index contributed by atoms with van der Waals surface area (Å²) in [4.78, 5) is 16.3. The predicted octanol–water partition coefficient (Wildman–Crippen LogP) is 2.52. The third-order valence-electron chi connectivity index (χ3n) is 3.09. The van der Waals surface area contributed by atoms with Crippen LogP contribution in [0.3, 0.4) is 0 Å². The van der Waals surface area contributed by atoms with Gasteiger partial charge in [0.05, 0.1) is 5.56 Å². The van der Waals surface area contributed by atoms with E-state index in [1.807, 2.05) is 51.1 Å². The van der Waals surface area contributed by atoms with Gasteiger partial charge in [0, 0.05) is 30.0 Å². The van der Waals surface area contributed by atoms with Crippen molar-refractivity contribution in [3.63, 3.8) is 0 Å². The molecule has 0 atom stereocenters. The number of aryl methyl sites for hydroxylation is 1. The van der Waals surface area contributed by atoms with Crippen molar-refractivity contribution in [2.45, 2.75) is 26.3 Å². The molecule has 1 amide bonds. The first-order valence-electron chi connectivity index (χ1n) is 6.94. The van der Waals surface area contributed by atoms with Crippen molar-refractivity contribution in [3.8, 4) is 11.1 Å². The Balaban J connectivity index is 2.17. The van der Waals surface area contributed by atoms with E-state index in [1.165, 1.54) is 5.56 Å². The highest BCUT2D eigenvalue weighted by Gasteiger charge is 2.14. The summed E-state index contributed by atoms with van der Waals surface area (Å²) in [5.74, 6) is -0.157. The molecule has 1 aromatic heterocycles. The topological polar surface area (TPSA) is 68.0 Å². The number of benzene rings is 1. The fourth-order valence-electron chi connectivity index (χ4n) is 1.88. The van der Waals surface area contributed by atoms with Crippen molar-refractivity contribution in [1.29, 1.82) is 0 Å². The molecular formula is C17H21N3O. The highest BCUT2D eigenvalue weighted by atomic mass is 16.1. The second-order valence-corrected chi connectivity index (χ2v) is 6.00. The Morgan fingerprint density at radius 1 is 1.19 bits per heavy atom. The Kier molecular flexibility index (Phi) is 4.38. The first-order valence-corrected chi connectivity index (χ1v) is 6.94. The molecule has 0 saturated carbocycles. The Morgan fingerprint density at radius 2 is 1.86 bits per heavy atom. The quantitative estimate of drug-likeness (QED) is 0.906. The van der Waals surface area contributed by atoms with Crippen LogP contribution in [-0.4, -0.2) is 23.0 Å². The second-order valence-electron chi connectivity index (χ2n) is 6.00. The molecule has 1 aromatic carbocycles. The van der Waals surface area contributed by atoms with Crippen LogP contribution in [-0.2, 0) is 0 Å². The number of carbonyl (C=O) groups excluding carboxylic acids is 1. The van der Waals surface area contributed by atoms with E-state index in [-0.39, 0.29) is 5.91 Å². The van der Waals surface area contributed by atoms with E-state index in [0.717, 1.165) is 11.1 Å². The first-order chi connectivity index (χ1) is 9.85. The molecule has 2 aromatic rings. The van der Waals surface area contributed by atoms with Crippen LogP contribution in [0.5, 0.6) is 0 Å². The molecule has 0 unspecified atom stereocenters. The SMILES string of the molecule is Cc1ccc(-c2cncc(C(=O)NCC(C)(C)N)c2)cc1. The van der Waals surface area contributed by atoms with Crippen molar-refractivity contribution in [2.24, 2.45) is 5.73 Å².